The summed E-state index contributed by atoms with van der Waals surface area (Å²) in [4.78, 5) is 12.2. The maximum Gasteiger partial charge on any atom is 0.142 e. The van der Waals surface area contributed by atoms with Gasteiger partial charge in [-0.15, -0.1) is 0 Å². The van der Waals surface area contributed by atoms with Gasteiger partial charge in [-0.25, -0.2) is 0 Å². The second kappa shape index (κ2) is 4.23. The van der Waals surface area contributed by atoms with E-state index < -0.39 is 0 Å². The minimum Gasteiger partial charge on any atom is -0.300 e. The Morgan fingerprint density at radius 1 is 1.30 bits per heavy atom. The number of carbonyl (C=O) groups is 1. The van der Waals surface area contributed by atoms with E-state index in [2.05, 4.69) is 4.90 Å². The van der Waals surface area contributed by atoms with Crippen LogP contribution in [0.5, 0.6) is 0 Å². The molecule has 1 saturated heterocycles. The predicted octanol–water partition coefficient (Wildman–Crippen LogP) is 0.837. The highest BCUT2D eigenvalue weighted by molar-refractivity contribution is 5.64. The van der Waals surface area contributed by atoms with Crippen LogP contribution in [0.15, 0.2) is 12.2 Å². The third-order valence-electron chi connectivity index (χ3n) is 1.78. The first-order valence-corrected chi connectivity index (χ1v) is 3.76. The van der Waals surface area contributed by atoms with Crippen LogP contribution < -0.4 is 0 Å². The van der Waals surface area contributed by atoms with Gasteiger partial charge in [-0.1, -0.05) is 6.08 Å². The molecular weight excluding hydrogens is 126 g/mol. The summed E-state index contributed by atoms with van der Waals surface area (Å²) in [6.45, 7) is 3.34. The number of nitrogens with zero attached hydrogens (tertiary/aromatic N) is 1. The Bertz CT molecular complexity index is 125. The lowest BCUT2D eigenvalue weighted by atomic mass is 10.4. The number of aldehydes is 1. The van der Waals surface area contributed by atoms with E-state index in [1.165, 1.54) is 25.9 Å². The number of hydrogen-bond donors (Lipinski definition) is 0. The molecule has 0 aliphatic carbocycles. The van der Waals surface area contributed by atoms with Gasteiger partial charge < -0.3 is 0 Å². The summed E-state index contributed by atoms with van der Waals surface area (Å²) in [5, 5.41) is 0. The molecular formula is C8H13NO. The monoisotopic (exact) mass is 139 g/mol. The van der Waals surface area contributed by atoms with Crippen LogP contribution in [0.1, 0.15) is 12.8 Å². The molecule has 1 heterocycles. The molecule has 0 radical (unpaired) electrons. The molecule has 10 heavy (non-hydrogen) atoms. The quantitative estimate of drug-likeness (QED) is 0.426. The van der Waals surface area contributed by atoms with E-state index >= 15 is 0 Å². The van der Waals surface area contributed by atoms with Crippen molar-refractivity contribution in [3.8, 4) is 0 Å². The fourth-order valence-electron chi connectivity index (χ4n) is 1.23. The van der Waals surface area contributed by atoms with E-state index in [-0.39, 0.29) is 0 Å². The third kappa shape index (κ3) is 2.31. The maximum absolute atomic E-state index is 9.87. The number of carbonyl (C=O) groups excluding carboxylic acids is 1. The fourth-order valence-corrected chi connectivity index (χ4v) is 1.23. The SMILES string of the molecule is O=C/C=C\CN1CCCC1. The summed E-state index contributed by atoms with van der Waals surface area (Å²) in [5.74, 6) is 0. The summed E-state index contributed by atoms with van der Waals surface area (Å²) in [7, 11) is 0. The van der Waals surface area contributed by atoms with E-state index in [0.29, 0.717) is 0 Å². The van der Waals surface area contributed by atoms with Crippen molar-refractivity contribution in [3.63, 3.8) is 0 Å². The molecule has 2 heteroatoms. The fraction of sp³-hybridized carbons (Fsp3) is 0.625. The van der Waals surface area contributed by atoms with Gasteiger partial charge in [0.25, 0.3) is 0 Å². The first-order valence-electron chi connectivity index (χ1n) is 3.76. The Kier molecular flexibility index (Phi) is 3.16. The lowest BCUT2D eigenvalue weighted by Crippen LogP contribution is -2.18. The number of rotatable bonds is 3. The molecule has 0 saturated carbocycles. The van der Waals surface area contributed by atoms with Crippen LogP contribution in [-0.4, -0.2) is 30.8 Å². The molecule has 0 N–H and O–H groups in total. The van der Waals surface area contributed by atoms with Gasteiger partial charge in [-0.2, -0.15) is 0 Å². The molecule has 0 bridgehead atoms. The summed E-state index contributed by atoms with van der Waals surface area (Å²) in [6, 6.07) is 0. The minimum absolute atomic E-state index is 0.829. The van der Waals surface area contributed by atoms with Crippen molar-refractivity contribution in [1.29, 1.82) is 0 Å². The molecule has 0 amide bonds. The van der Waals surface area contributed by atoms with Gasteiger partial charge in [0.15, 0.2) is 0 Å². The molecule has 0 atom stereocenters. The molecule has 1 rings (SSSR count). The third-order valence-corrected chi connectivity index (χ3v) is 1.78. The molecule has 0 aromatic heterocycles. The molecule has 2 nitrogen and oxygen atoms in total. The van der Waals surface area contributed by atoms with E-state index in [0.717, 1.165) is 12.8 Å². The van der Waals surface area contributed by atoms with Crippen molar-refractivity contribution < 1.29 is 4.79 Å². The summed E-state index contributed by atoms with van der Waals surface area (Å²) < 4.78 is 0. The topological polar surface area (TPSA) is 20.3 Å². The number of hydrogen-bond acceptors (Lipinski definition) is 2. The zero-order valence-electron chi connectivity index (χ0n) is 6.12. The molecule has 0 aromatic carbocycles. The van der Waals surface area contributed by atoms with Crippen LogP contribution in [0.25, 0.3) is 0 Å². The second-order valence-electron chi connectivity index (χ2n) is 2.57. The number of allylic oxidation sites excluding steroid dienone is 1. The van der Waals surface area contributed by atoms with Crippen molar-refractivity contribution in [2.45, 2.75) is 12.8 Å². The zero-order chi connectivity index (χ0) is 7.23. The van der Waals surface area contributed by atoms with E-state index in [1.807, 2.05) is 6.08 Å². The van der Waals surface area contributed by atoms with Crippen LogP contribution in [-0.2, 0) is 4.79 Å². The Labute approximate surface area is 61.5 Å². The van der Waals surface area contributed by atoms with Gasteiger partial charge in [-0.05, 0) is 32.0 Å². The van der Waals surface area contributed by atoms with E-state index in [1.54, 1.807) is 6.08 Å². The Morgan fingerprint density at radius 3 is 2.60 bits per heavy atom. The Hall–Kier alpha value is -0.630. The van der Waals surface area contributed by atoms with Gasteiger partial charge in [0, 0.05) is 6.54 Å². The Balaban J connectivity index is 2.12. The summed E-state index contributed by atoms with van der Waals surface area (Å²) in [6.07, 6.45) is 6.94. The van der Waals surface area contributed by atoms with Crippen molar-refractivity contribution in [2.75, 3.05) is 19.6 Å². The second-order valence-corrected chi connectivity index (χ2v) is 2.57. The maximum atomic E-state index is 9.87. The molecule has 1 fully saturated rings. The van der Waals surface area contributed by atoms with Crippen molar-refractivity contribution in [1.82, 2.24) is 4.90 Å². The highest BCUT2D eigenvalue weighted by Gasteiger charge is 2.08. The van der Waals surface area contributed by atoms with Crippen LogP contribution in [0, 0.1) is 0 Å². The van der Waals surface area contributed by atoms with Gasteiger partial charge in [0.1, 0.15) is 6.29 Å². The first-order chi connectivity index (χ1) is 4.93. The number of likely N-dealkylation sites (tertiary alicyclic amines) is 1. The molecule has 0 spiro atoms. The molecule has 0 unspecified atom stereocenters. The summed E-state index contributed by atoms with van der Waals surface area (Å²) in [5.41, 5.74) is 0. The molecule has 56 valence electrons. The van der Waals surface area contributed by atoms with Crippen LogP contribution in [0.3, 0.4) is 0 Å². The normalized spacial score (nSPS) is 20.4. The van der Waals surface area contributed by atoms with Crippen LogP contribution in [0.4, 0.5) is 0 Å². The van der Waals surface area contributed by atoms with Gasteiger partial charge in [0.2, 0.25) is 0 Å². The van der Waals surface area contributed by atoms with Gasteiger partial charge >= 0.3 is 0 Å². The largest absolute Gasteiger partial charge is 0.300 e. The van der Waals surface area contributed by atoms with Crippen LogP contribution in [0.2, 0.25) is 0 Å². The lowest BCUT2D eigenvalue weighted by molar-refractivity contribution is -0.104. The zero-order valence-corrected chi connectivity index (χ0v) is 6.12. The molecule has 0 aromatic rings. The van der Waals surface area contributed by atoms with Crippen molar-refractivity contribution in [3.05, 3.63) is 12.2 Å². The van der Waals surface area contributed by atoms with Crippen LogP contribution >= 0.6 is 0 Å². The highest BCUT2D eigenvalue weighted by atomic mass is 16.1. The van der Waals surface area contributed by atoms with Crippen molar-refractivity contribution >= 4 is 6.29 Å². The smallest absolute Gasteiger partial charge is 0.142 e. The minimum atomic E-state index is 0.829. The first kappa shape index (κ1) is 7.48. The van der Waals surface area contributed by atoms with Crippen molar-refractivity contribution in [2.24, 2.45) is 0 Å². The Morgan fingerprint density at radius 2 is 2.00 bits per heavy atom. The van der Waals surface area contributed by atoms with E-state index in [4.69, 9.17) is 0 Å². The summed E-state index contributed by atoms with van der Waals surface area (Å²) >= 11 is 0. The predicted molar refractivity (Wildman–Crippen MR) is 40.9 cm³/mol. The average molecular weight is 139 g/mol. The van der Waals surface area contributed by atoms with E-state index in [9.17, 15) is 4.79 Å². The molecule has 1 aliphatic heterocycles. The highest BCUT2D eigenvalue weighted by Crippen LogP contribution is 2.05. The molecule has 1 aliphatic rings. The average Bonchev–Trinajstić information content (AvgIpc) is 2.41. The van der Waals surface area contributed by atoms with Gasteiger partial charge in [-0.3, -0.25) is 9.69 Å². The van der Waals surface area contributed by atoms with Gasteiger partial charge in [0.05, 0.1) is 0 Å². The standard InChI is InChI=1S/C8H13NO/c10-8-4-3-7-9-5-1-2-6-9/h3-4,8H,1-2,5-7H2/b4-3-. The lowest BCUT2D eigenvalue weighted by Gasteiger charge is -2.09.